The average molecular weight is 252 g/mol. The molecule has 1 amide bonds. The number of Topliss-reactive ketones (excluding diaryl/α,β-unsaturated/α-hetero) is 2. The Bertz CT molecular complexity index is 524. The van der Waals surface area contributed by atoms with E-state index in [0.29, 0.717) is 0 Å². The number of alkyl halides is 1. The predicted octanol–water partition coefficient (Wildman–Crippen LogP) is 1.20. The first-order valence-electron chi connectivity index (χ1n) is 5.07. The van der Waals surface area contributed by atoms with Gasteiger partial charge in [0.2, 0.25) is 17.5 Å². The molecule has 0 bridgehead atoms. The van der Waals surface area contributed by atoms with Crippen LogP contribution in [0, 0.1) is 0 Å². The fourth-order valence-electron chi connectivity index (χ4n) is 1.83. The normalized spacial score (nSPS) is 13.8. The van der Waals surface area contributed by atoms with Gasteiger partial charge in [0.15, 0.2) is 0 Å². The molecule has 1 heterocycles. The molecule has 0 N–H and O–H groups in total. The molecule has 17 heavy (non-hydrogen) atoms. The lowest BCUT2D eigenvalue weighted by Crippen LogP contribution is -2.20. The lowest BCUT2D eigenvalue weighted by atomic mass is 10.0. The summed E-state index contributed by atoms with van der Waals surface area (Å²) in [5.41, 5.74) is 1.84. The second kappa shape index (κ2) is 4.30. The first kappa shape index (κ1) is 11.8. The maximum absolute atomic E-state index is 11.6. The summed E-state index contributed by atoms with van der Waals surface area (Å²) in [6, 6.07) is 4.80. The number of amides is 1. The highest BCUT2D eigenvalue weighted by molar-refractivity contribution is 6.51. The Labute approximate surface area is 103 Å². The Morgan fingerprint density at radius 2 is 2.12 bits per heavy atom. The minimum atomic E-state index is -0.635. The van der Waals surface area contributed by atoms with Crippen molar-refractivity contribution in [2.75, 3.05) is 17.8 Å². The molecule has 0 saturated carbocycles. The number of halogens is 1. The van der Waals surface area contributed by atoms with Crippen LogP contribution in [0.4, 0.5) is 5.69 Å². The molecule has 0 aromatic heterocycles. The summed E-state index contributed by atoms with van der Waals surface area (Å²) in [6.45, 7) is 0. The second-order valence-corrected chi connectivity index (χ2v) is 4.13. The highest BCUT2D eigenvalue weighted by atomic mass is 35.5. The number of ketones is 2. The Kier molecular flexibility index (Phi) is 2.98. The zero-order valence-corrected chi connectivity index (χ0v) is 9.95. The number of rotatable bonds is 3. The lowest BCUT2D eigenvalue weighted by Gasteiger charge is -2.09. The van der Waals surface area contributed by atoms with Crippen LogP contribution in [-0.2, 0) is 16.0 Å². The molecule has 5 heteroatoms. The number of anilines is 1. The van der Waals surface area contributed by atoms with Crippen LogP contribution >= 0.6 is 11.6 Å². The van der Waals surface area contributed by atoms with Crippen LogP contribution in [0.15, 0.2) is 18.2 Å². The summed E-state index contributed by atoms with van der Waals surface area (Å²) in [5, 5.41) is 0. The zero-order valence-electron chi connectivity index (χ0n) is 9.20. The smallest absolute Gasteiger partial charge is 0.231 e. The third kappa shape index (κ3) is 1.96. The molecule has 0 unspecified atom stereocenters. The molecule has 0 fully saturated rings. The predicted molar refractivity (Wildman–Crippen MR) is 63.6 cm³/mol. The lowest BCUT2D eigenvalue weighted by molar-refractivity contribution is -0.117. The Hall–Kier alpha value is -1.68. The first-order chi connectivity index (χ1) is 8.04. The Morgan fingerprint density at radius 1 is 1.41 bits per heavy atom. The van der Waals surface area contributed by atoms with Crippen molar-refractivity contribution in [3.8, 4) is 0 Å². The van der Waals surface area contributed by atoms with E-state index in [-0.39, 0.29) is 23.8 Å². The molecule has 0 aliphatic carbocycles. The van der Waals surface area contributed by atoms with Crippen LogP contribution in [0.3, 0.4) is 0 Å². The number of carbonyl (C=O) groups excluding carboxylic acids is 3. The van der Waals surface area contributed by atoms with E-state index in [4.69, 9.17) is 11.6 Å². The zero-order chi connectivity index (χ0) is 12.6. The molecule has 0 atom stereocenters. The van der Waals surface area contributed by atoms with Crippen molar-refractivity contribution < 1.29 is 14.4 Å². The van der Waals surface area contributed by atoms with E-state index in [1.54, 1.807) is 25.2 Å². The summed E-state index contributed by atoms with van der Waals surface area (Å²) in [4.78, 5) is 35.8. The van der Waals surface area contributed by atoms with Gasteiger partial charge >= 0.3 is 0 Å². The molecule has 88 valence electrons. The monoisotopic (exact) mass is 251 g/mol. The van der Waals surface area contributed by atoms with Gasteiger partial charge in [0.1, 0.15) is 0 Å². The fourth-order valence-corrected chi connectivity index (χ4v) is 1.95. The summed E-state index contributed by atoms with van der Waals surface area (Å²) >= 11 is 5.33. The van der Waals surface area contributed by atoms with Gasteiger partial charge in [-0.15, -0.1) is 11.6 Å². The van der Waals surface area contributed by atoms with Gasteiger partial charge in [0, 0.05) is 18.3 Å². The summed E-state index contributed by atoms with van der Waals surface area (Å²) in [7, 11) is 1.68. The number of carbonyl (C=O) groups is 3. The van der Waals surface area contributed by atoms with Crippen molar-refractivity contribution in [2.45, 2.75) is 6.42 Å². The van der Waals surface area contributed by atoms with Gasteiger partial charge in [0.25, 0.3) is 0 Å². The molecule has 1 aromatic carbocycles. The molecule has 1 aliphatic rings. The molecule has 2 rings (SSSR count). The van der Waals surface area contributed by atoms with Gasteiger partial charge in [-0.1, -0.05) is 0 Å². The quantitative estimate of drug-likeness (QED) is 0.461. The van der Waals surface area contributed by atoms with Gasteiger partial charge in [0.05, 0.1) is 12.3 Å². The average Bonchev–Trinajstić information content (AvgIpc) is 2.62. The summed E-state index contributed by atoms with van der Waals surface area (Å²) < 4.78 is 0. The maximum atomic E-state index is 11.6. The first-order valence-corrected chi connectivity index (χ1v) is 5.61. The standard InChI is InChI=1S/C12H10ClNO3/c1-14-9-3-2-7(12(17)10(15)6-13)4-8(9)5-11(14)16/h2-4H,5-6H2,1H3. The van der Waals surface area contributed by atoms with Gasteiger partial charge in [-0.25, -0.2) is 0 Å². The van der Waals surface area contributed by atoms with Crippen LogP contribution < -0.4 is 4.90 Å². The van der Waals surface area contributed by atoms with E-state index in [1.807, 2.05) is 0 Å². The summed E-state index contributed by atoms with van der Waals surface area (Å²) in [5.74, 6) is -1.59. The van der Waals surface area contributed by atoms with E-state index in [0.717, 1.165) is 11.3 Å². The highest BCUT2D eigenvalue weighted by Gasteiger charge is 2.25. The third-order valence-electron chi connectivity index (χ3n) is 2.79. The summed E-state index contributed by atoms with van der Waals surface area (Å²) in [6.07, 6.45) is 0.266. The van der Waals surface area contributed by atoms with Crippen LogP contribution in [-0.4, -0.2) is 30.4 Å². The Morgan fingerprint density at radius 3 is 2.76 bits per heavy atom. The third-order valence-corrected chi connectivity index (χ3v) is 3.04. The molecule has 0 saturated heterocycles. The van der Waals surface area contributed by atoms with Crippen molar-refractivity contribution in [3.63, 3.8) is 0 Å². The van der Waals surface area contributed by atoms with Crippen LogP contribution in [0.25, 0.3) is 0 Å². The minimum Gasteiger partial charge on any atom is -0.315 e. The van der Waals surface area contributed by atoms with Gasteiger partial charge in [-0.2, -0.15) is 0 Å². The SMILES string of the molecule is CN1C(=O)Cc2cc(C(=O)C(=O)CCl)ccc21. The topological polar surface area (TPSA) is 54.5 Å². The molecule has 0 radical (unpaired) electrons. The molecular formula is C12H10ClNO3. The van der Waals surface area contributed by atoms with E-state index in [1.165, 1.54) is 4.90 Å². The minimum absolute atomic E-state index is 0.0201. The van der Waals surface area contributed by atoms with Gasteiger partial charge < -0.3 is 4.90 Å². The van der Waals surface area contributed by atoms with Crippen molar-refractivity contribution >= 4 is 34.8 Å². The molecular weight excluding hydrogens is 242 g/mol. The van der Waals surface area contributed by atoms with Crippen LogP contribution in [0.1, 0.15) is 15.9 Å². The van der Waals surface area contributed by atoms with Crippen molar-refractivity contribution in [1.82, 2.24) is 0 Å². The van der Waals surface area contributed by atoms with E-state index in [9.17, 15) is 14.4 Å². The highest BCUT2D eigenvalue weighted by Crippen LogP contribution is 2.28. The van der Waals surface area contributed by atoms with Crippen molar-refractivity contribution in [2.24, 2.45) is 0 Å². The molecule has 1 aliphatic heterocycles. The molecule has 4 nitrogen and oxygen atoms in total. The number of fused-ring (bicyclic) bond motifs is 1. The van der Waals surface area contributed by atoms with Gasteiger partial charge in [-0.3, -0.25) is 14.4 Å². The van der Waals surface area contributed by atoms with Crippen LogP contribution in [0.5, 0.6) is 0 Å². The molecule has 1 aromatic rings. The molecule has 0 spiro atoms. The number of hydrogen-bond acceptors (Lipinski definition) is 3. The second-order valence-electron chi connectivity index (χ2n) is 3.86. The number of nitrogens with zero attached hydrogens (tertiary/aromatic N) is 1. The number of benzene rings is 1. The van der Waals surface area contributed by atoms with Gasteiger partial charge in [-0.05, 0) is 23.8 Å². The van der Waals surface area contributed by atoms with Crippen LogP contribution in [0.2, 0.25) is 0 Å². The maximum Gasteiger partial charge on any atom is 0.231 e. The van der Waals surface area contributed by atoms with Crippen molar-refractivity contribution in [3.05, 3.63) is 29.3 Å². The Balaban J connectivity index is 2.37. The number of likely N-dealkylation sites (N-methyl/N-ethyl adjacent to an activating group) is 1. The van der Waals surface area contributed by atoms with E-state index < -0.39 is 11.6 Å². The largest absolute Gasteiger partial charge is 0.315 e. The van der Waals surface area contributed by atoms with E-state index >= 15 is 0 Å². The number of hydrogen-bond donors (Lipinski definition) is 0. The van der Waals surface area contributed by atoms with Crippen molar-refractivity contribution in [1.29, 1.82) is 0 Å². The van der Waals surface area contributed by atoms with E-state index in [2.05, 4.69) is 0 Å². The fraction of sp³-hybridized carbons (Fsp3) is 0.250.